The van der Waals surface area contributed by atoms with E-state index >= 15 is 0 Å². The Morgan fingerprint density at radius 2 is 1.84 bits per heavy atom. The van der Waals surface area contributed by atoms with Crippen molar-refractivity contribution in [3.8, 4) is 0 Å². The minimum absolute atomic E-state index is 0.0144. The van der Waals surface area contributed by atoms with E-state index in [-0.39, 0.29) is 35.4 Å². The first-order chi connectivity index (χ1) is 11.8. The number of rotatable bonds is 6. The van der Waals surface area contributed by atoms with Crippen molar-refractivity contribution in [1.29, 1.82) is 0 Å². The van der Waals surface area contributed by atoms with E-state index in [0.29, 0.717) is 12.2 Å². The van der Waals surface area contributed by atoms with E-state index in [2.05, 4.69) is 5.32 Å². The van der Waals surface area contributed by atoms with Crippen molar-refractivity contribution < 1.29 is 18.0 Å². The van der Waals surface area contributed by atoms with Crippen LogP contribution in [0.25, 0.3) is 0 Å². The number of benzene rings is 1. The third-order valence-electron chi connectivity index (χ3n) is 4.37. The summed E-state index contributed by atoms with van der Waals surface area (Å²) in [5.74, 6) is 0.478. The highest BCUT2D eigenvalue weighted by Crippen LogP contribution is 2.33. The number of hydrogen-bond donors (Lipinski definition) is 1. The Hall–Kier alpha value is -1.54. The fourth-order valence-corrected chi connectivity index (χ4v) is 5.59. The molecule has 8 heteroatoms. The number of nitrogens with zero attached hydrogens (tertiary/aromatic N) is 1. The zero-order chi connectivity index (χ0) is 18.0. The van der Waals surface area contributed by atoms with Gasteiger partial charge in [-0.2, -0.15) is 0 Å². The second kappa shape index (κ2) is 7.37. The van der Waals surface area contributed by atoms with Crippen molar-refractivity contribution in [1.82, 2.24) is 4.90 Å². The van der Waals surface area contributed by atoms with E-state index in [0.717, 1.165) is 23.4 Å². The van der Waals surface area contributed by atoms with Crippen molar-refractivity contribution in [2.45, 2.75) is 43.2 Å². The van der Waals surface area contributed by atoms with E-state index in [4.69, 9.17) is 0 Å². The van der Waals surface area contributed by atoms with E-state index < -0.39 is 9.84 Å². The summed E-state index contributed by atoms with van der Waals surface area (Å²) in [4.78, 5) is 26.4. The molecule has 25 heavy (non-hydrogen) atoms. The molecule has 1 aliphatic heterocycles. The van der Waals surface area contributed by atoms with Gasteiger partial charge in [0.2, 0.25) is 11.8 Å². The second-order valence-electron chi connectivity index (χ2n) is 6.58. The summed E-state index contributed by atoms with van der Waals surface area (Å²) >= 11 is 1.43. The number of sulfone groups is 1. The number of carbonyl (C=O) groups is 2. The van der Waals surface area contributed by atoms with Crippen LogP contribution in [0, 0.1) is 0 Å². The van der Waals surface area contributed by atoms with E-state index in [9.17, 15) is 18.0 Å². The number of carbonyl (C=O) groups excluding carboxylic acids is 2. The zero-order valence-electron chi connectivity index (χ0n) is 14.1. The van der Waals surface area contributed by atoms with Crippen LogP contribution in [0.2, 0.25) is 0 Å². The molecular formula is C17H22N2O4S2. The molecule has 2 aliphatic rings. The molecule has 1 N–H and O–H groups in total. The highest BCUT2D eigenvalue weighted by molar-refractivity contribution is 8.00. The Labute approximate surface area is 152 Å². The highest BCUT2D eigenvalue weighted by atomic mass is 32.2. The predicted molar refractivity (Wildman–Crippen MR) is 98.4 cm³/mol. The van der Waals surface area contributed by atoms with Crippen molar-refractivity contribution in [3.05, 3.63) is 24.3 Å². The lowest BCUT2D eigenvalue weighted by Gasteiger charge is -2.28. The van der Waals surface area contributed by atoms with Gasteiger partial charge in [-0.05, 0) is 43.5 Å². The summed E-state index contributed by atoms with van der Waals surface area (Å²) in [6.45, 7) is 1.46. The van der Waals surface area contributed by atoms with Gasteiger partial charge >= 0.3 is 0 Å². The van der Waals surface area contributed by atoms with Gasteiger partial charge in [-0.3, -0.25) is 9.59 Å². The van der Waals surface area contributed by atoms with E-state index in [1.165, 1.54) is 18.7 Å². The molecule has 0 bridgehead atoms. The molecule has 2 amide bonds. The van der Waals surface area contributed by atoms with Crippen LogP contribution in [0.1, 0.15) is 26.2 Å². The maximum Gasteiger partial charge on any atom is 0.233 e. The third kappa shape index (κ3) is 4.98. The number of anilines is 1. The Morgan fingerprint density at radius 1 is 1.16 bits per heavy atom. The Bertz CT molecular complexity index is 757. The number of hydrogen-bond acceptors (Lipinski definition) is 5. The molecule has 0 radical (unpaired) electrons. The first-order valence-corrected chi connectivity index (χ1v) is 11.2. The third-order valence-corrected chi connectivity index (χ3v) is 7.11. The van der Waals surface area contributed by atoms with Crippen molar-refractivity contribution >= 4 is 39.1 Å². The second-order valence-corrected chi connectivity index (χ2v) is 9.86. The standard InChI is InChI=1S/C17H22N2O4S2/c1-12(20)18-13-2-6-16(7-3-13)24-10-17(21)19(14-4-5-14)15-8-9-25(22,23)11-15/h2-3,6-7,14-15H,4-5,8-11H2,1H3,(H,18,20)/t15-/m0/s1. The average molecular weight is 383 g/mol. The Morgan fingerprint density at radius 3 is 2.36 bits per heavy atom. The largest absolute Gasteiger partial charge is 0.335 e. The molecule has 1 saturated carbocycles. The van der Waals surface area contributed by atoms with Gasteiger partial charge in [0.1, 0.15) is 0 Å². The fraction of sp³-hybridized carbons (Fsp3) is 0.529. The molecule has 2 fully saturated rings. The molecular weight excluding hydrogens is 360 g/mol. The minimum atomic E-state index is -3.00. The van der Waals surface area contributed by atoms with Gasteiger partial charge in [0.15, 0.2) is 9.84 Å². The monoisotopic (exact) mass is 382 g/mol. The SMILES string of the molecule is CC(=O)Nc1ccc(SCC(=O)N(C2CC2)[C@H]2CCS(=O)(=O)C2)cc1. The molecule has 0 aromatic heterocycles. The van der Waals surface area contributed by atoms with Crippen LogP contribution >= 0.6 is 11.8 Å². The molecule has 1 heterocycles. The normalized spacial score (nSPS) is 21.7. The lowest BCUT2D eigenvalue weighted by atomic mass is 10.2. The summed E-state index contributed by atoms with van der Waals surface area (Å²) in [5.41, 5.74) is 0.721. The van der Waals surface area contributed by atoms with Gasteiger partial charge < -0.3 is 10.2 Å². The molecule has 1 saturated heterocycles. The minimum Gasteiger partial charge on any atom is -0.335 e. The van der Waals surface area contributed by atoms with E-state index in [1.54, 1.807) is 12.1 Å². The van der Waals surface area contributed by atoms with Crippen molar-refractivity contribution in [2.24, 2.45) is 0 Å². The lowest BCUT2D eigenvalue weighted by molar-refractivity contribution is -0.130. The molecule has 6 nitrogen and oxygen atoms in total. The fourth-order valence-electron chi connectivity index (χ4n) is 3.11. The summed E-state index contributed by atoms with van der Waals surface area (Å²) in [5, 5.41) is 2.70. The van der Waals surface area contributed by atoms with E-state index in [1.807, 2.05) is 17.0 Å². The molecule has 1 aromatic rings. The topological polar surface area (TPSA) is 83.6 Å². The van der Waals surface area contributed by atoms with Gasteiger partial charge in [-0.25, -0.2) is 8.42 Å². The maximum atomic E-state index is 12.7. The molecule has 0 unspecified atom stereocenters. The number of thioether (sulfide) groups is 1. The molecule has 1 aromatic carbocycles. The Kier molecular flexibility index (Phi) is 5.38. The van der Waals surface area contributed by atoms with Gasteiger partial charge in [0.25, 0.3) is 0 Å². The van der Waals surface area contributed by atoms with Crippen LogP contribution in [-0.4, -0.2) is 54.5 Å². The summed E-state index contributed by atoms with van der Waals surface area (Å²) in [6, 6.07) is 7.39. The van der Waals surface area contributed by atoms with Crippen LogP contribution in [0.5, 0.6) is 0 Å². The van der Waals surface area contributed by atoms with Gasteiger partial charge in [-0.15, -0.1) is 11.8 Å². The molecule has 1 atom stereocenters. The Balaban J connectivity index is 1.58. The highest BCUT2D eigenvalue weighted by Gasteiger charge is 2.41. The maximum absolute atomic E-state index is 12.7. The van der Waals surface area contributed by atoms with Crippen LogP contribution in [0.3, 0.4) is 0 Å². The lowest BCUT2D eigenvalue weighted by Crippen LogP contribution is -2.43. The smallest absolute Gasteiger partial charge is 0.233 e. The van der Waals surface area contributed by atoms with Crippen molar-refractivity contribution in [2.75, 3.05) is 22.6 Å². The van der Waals surface area contributed by atoms with Crippen LogP contribution in [-0.2, 0) is 19.4 Å². The average Bonchev–Trinajstić information content (AvgIpc) is 3.30. The first-order valence-electron chi connectivity index (χ1n) is 8.36. The molecule has 0 spiro atoms. The summed E-state index contributed by atoms with van der Waals surface area (Å²) in [6.07, 6.45) is 2.50. The molecule has 3 rings (SSSR count). The summed E-state index contributed by atoms with van der Waals surface area (Å²) in [7, 11) is -3.00. The van der Waals surface area contributed by atoms with Crippen molar-refractivity contribution in [3.63, 3.8) is 0 Å². The van der Waals surface area contributed by atoms with Gasteiger partial charge in [-0.1, -0.05) is 0 Å². The number of amides is 2. The molecule has 136 valence electrons. The van der Waals surface area contributed by atoms with Crippen LogP contribution in [0.4, 0.5) is 5.69 Å². The first kappa shape index (κ1) is 18.3. The van der Waals surface area contributed by atoms with Gasteiger partial charge in [0.05, 0.1) is 17.3 Å². The van der Waals surface area contributed by atoms with Crippen LogP contribution in [0.15, 0.2) is 29.2 Å². The quantitative estimate of drug-likeness (QED) is 0.760. The molecule has 1 aliphatic carbocycles. The van der Waals surface area contributed by atoms with Crippen LogP contribution < -0.4 is 5.32 Å². The zero-order valence-corrected chi connectivity index (χ0v) is 15.7. The van der Waals surface area contributed by atoms with Gasteiger partial charge in [0, 0.05) is 29.6 Å². The summed E-state index contributed by atoms with van der Waals surface area (Å²) < 4.78 is 23.5. The predicted octanol–water partition coefficient (Wildman–Crippen LogP) is 1.92. The number of nitrogens with one attached hydrogen (secondary N) is 1.